The Labute approximate surface area is 98.9 Å². The summed E-state index contributed by atoms with van der Waals surface area (Å²) in [6, 6.07) is 1.44. The number of nitrogens with one attached hydrogen (secondary N) is 1. The molecule has 0 aliphatic carbocycles. The molecule has 0 unspecified atom stereocenters. The molecule has 1 aromatic heterocycles. The zero-order valence-corrected chi connectivity index (χ0v) is 10.2. The normalized spacial score (nSPS) is 10.8. The molecule has 1 rings (SSSR count). The van der Waals surface area contributed by atoms with Crippen LogP contribution in [-0.2, 0) is 9.47 Å². The van der Waals surface area contributed by atoms with Gasteiger partial charge in [0.25, 0.3) is 0 Å². The van der Waals surface area contributed by atoms with Crippen molar-refractivity contribution in [3.05, 3.63) is 18.1 Å². The molecular formula is C11H15NO5. The lowest BCUT2D eigenvalue weighted by Gasteiger charge is -2.19. The molecule has 6 nitrogen and oxygen atoms in total. The van der Waals surface area contributed by atoms with E-state index in [2.05, 4.69) is 10.1 Å². The molecule has 0 atom stereocenters. The molecule has 1 heterocycles. The fraction of sp³-hybridized carbons (Fsp3) is 0.455. The highest BCUT2D eigenvalue weighted by atomic mass is 16.6. The summed E-state index contributed by atoms with van der Waals surface area (Å²) in [5.41, 5.74) is -0.398. The molecule has 0 aromatic carbocycles. The summed E-state index contributed by atoms with van der Waals surface area (Å²) < 4.78 is 14.4. The van der Waals surface area contributed by atoms with Gasteiger partial charge in [0.1, 0.15) is 5.60 Å². The van der Waals surface area contributed by atoms with Crippen LogP contribution in [0.2, 0.25) is 0 Å². The van der Waals surface area contributed by atoms with Crippen molar-refractivity contribution in [1.29, 1.82) is 0 Å². The number of hydrogen-bond acceptors (Lipinski definition) is 5. The highest BCUT2D eigenvalue weighted by Crippen LogP contribution is 2.19. The van der Waals surface area contributed by atoms with Gasteiger partial charge in [-0.15, -0.1) is 0 Å². The van der Waals surface area contributed by atoms with Crippen LogP contribution in [-0.4, -0.2) is 24.8 Å². The predicted molar refractivity (Wildman–Crippen MR) is 59.9 cm³/mol. The summed E-state index contributed by atoms with van der Waals surface area (Å²) in [7, 11) is 1.22. The fourth-order valence-electron chi connectivity index (χ4n) is 1.07. The van der Waals surface area contributed by atoms with Crippen molar-refractivity contribution in [2.45, 2.75) is 26.4 Å². The monoisotopic (exact) mass is 241 g/mol. The van der Waals surface area contributed by atoms with Gasteiger partial charge in [0.05, 0.1) is 19.1 Å². The highest BCUT2D eigenvalue weighted by molar-refractivity contribution is 5.97. The van der Waals surface area contributed by atoms with Gasteiger partial charge in [0.2, 0.25) is 5.76 Å². The Hall–Kier alpha value is -1.98. The molecule has 0 spiro atoms. The molecule has 1 amide bonds. The lowest BCUT2D eigenvalue weighted by molar-refractivity contribution is 0.0566. The van der Waals surface area contributed by atoms with E-state index in [-0.39, 0.29) is 11.4 Å². The molecule has 0 radical (unpaired) electrons. The van der Waals surface area contributed by atoms with E-state index in [1.165, 1.54) is 19.4 Å². The summed E-state index contributed by atoms with van der Waals surface area (Å²) in [6.07, 6.45) is 0.614. The quantitative estimate of drug-likeness (QED) is 0.804. The van der Waals surface area contributed by atoms with Crippen molar-refractivity contribution in [2.24, 2.45) is 0 Å². The number of esters is 1. The Balaban J connectivity index is 2.72. The molecule has 0 saturated heterocycles. The van der Waals surface area contributed by atoms with E-state index in [4.69, 9.17) is 9.15 Å². The van der Waals surface area contributed by atoms with Crippen LogP contribution >= 0.6 is 0 Å². The van der Waals surface area contributed by atoms with E-state index in [9.17, 15) is 9.59 Å². The number of amides is 1. The predicted octanol–water partition coefficient (Wildman–Crippen LogP) is 2.41. The van der Waals surface area contributed by atoms with Gasteiger partial charge in [-0.3, -0.25) is 5.32 Å². The minimum atomic E-state index is -0.666. The Morgan fingerprint density at radius 3 is 2.53 bits per heavy atom. The number of hydrogen-bond donors (Lipinski definition) is 1. The number of anilines is 1. The Morgan fingerprint density at radius 1 is 1.35 bits per heavy atom. The van der Waals surface area contributed by atoms with Gasteiger partial charge < -0.3 is 13.9 Å². The van der Waals surface area contributed by atoms with E-state index in [0.717, 1.165) is 0 Å². The maximum Gasteiger partial charge on any atom is 0.412 e. The number of methoxy groups -OCH3 is 1. The van der Waals surface area contributed by atoms with Crippen molar-refractivity contribution in [3.8, 4) is 0 Å². The van der Waals surface area contributed by atoms with Gasteiger partial charge in [0, 0.05) is 6.07 Å². The minimum Gasteiger partial charge on any atom is -0.463 e. The zero-order chi connectivity index (χ0) is 13.1. The topological polar surface area (TPSA) is 77.8 Å². The third-order valence-corrected chi connectivity index (χ3v) is 1.67. The van der Waals surface area contributed by atoms with Crippen molar-refractivity contribution >= 4 is 17.7 Å². The van der Waals surface area contributed by atoms with Gasteiger partial charge in [-0.2, -0.15) is 0 Å². The van der Waals surface area contributed by atoms with Crippen LogP contribution in [0.1, 0.15) is 31.3 Å². The van der Waals surface area contributed by atoms with Gasteiger partial charge in [0.15, 0.2) is 0 Å². The minimum absolute atomic E-state index is 0.0710. The molecule has 94 valence electrons. The van der Waals surface area contributed by atoms with Gasteiger partial charge in [-0.05, 0) is 20.8 Å². The summed E-state index contributed by atoms with van der Waals surface area (Å²) in [5.74, 6) is -0.737. The maximum atomic E-state index is 11.5. The first-order valence-electron chi connectivity index (χ1n) is 4.99. The van der Waals surface area contributed by atoms with Crippen LogP contribution in [0.15, 0.2) is 16.7 Å². The SMILES string of the molecule is COC(=O)c1occc1NC(=O)OC(C)(C)C. The zero-order valence-electron chi connectivity index (χ0n) is 10.2. The summed E-state index contributed by atoms with van der Waals surface area (Å²) >= 11 is 0. The molecule has 0 saturated carbocycles. The van der Waals surface area contributed by atoms with E-state index in [0.29, 0.717) is 0 Å². The average molecular weight is 241 g/mol. The van der Waals surface area contributed by atoms with Crippen LogP contribution in [0.25, 0.3) is 0 Å². The number of rotatable bonds is 2. The maximum absolute atomic E-state index is 11.5. The van der Waals surface area contributed by atoms with E-state index in [1.54, 1.807) is 20.8 Å². The fourth-order valence-corrected chi connectivity index (χ4v) is 1.07. The smallest absolute Gasteiger partial charge is 0.412 e. The van der Waals surface area contributed by atoms with Crippen molar-refractivity contribution in [1.82, 2.24) is 0 Å². The Morgan fingerprint density at radius 2 is 2.00 bits per heavy atom. The van der Waals surface area contributed by atoms with Crippen LogP contribution in [0.4, 0.5) is 10.5 Å². The van der Waals surface area contributed by atoms with Crippen LogP contribution in [0.5, 0.6) is 0 Å². The van der Waals surface area contributed by atoms with Gasteiger partial charge in [-0.1, -0.05) is 0 Å². The van der Waals surface area contributed by atoms with Crippen LogP contribution in [0, 0.1) is 0 Å². The average Bonchev–Trinajstić information content (AvgIpc) is 2.61. The Bertz CT molecular complexity index is 416. The second-order valence-electron chi connectivity index (χ2n) is 4.28. The molecule has 0 aliphatic heterocycles. The molecule has 0 fully saturated rings. The summed E-state index contributed by atoms with van der Waals surface area (Å²) in [5, 5.41) is 2.41. The molecule has 0 aliphatic rings. The number of ether oxygens (including phenoxy) is 2. The number of carbonyl (C=O) groups excluding carboxylic acids is 2. The standard InChI is InChI=1S/C11H15NO5/c1-11(2,3)17-10(14)12-7-5-6-16-8(7)9(13)15-4/h5-6H,1-4H3,(H,12,14). The van der Waals surface area contributed by atoms with Crippen molar-refractivity contribution < 1.29 is 23.5 Å². The Kier molecular flexibility index (Phi) is 3.77. The van der Waals surface area contributed by atoms with E-state index < -0.39 is 17.7 Å². The van der Waals surface area contributed by atoms with Crippen LogP contribution < -0.4 is 5.32 Å². The summed E-state index contributed by atoms with van der Waals surface area (Å²) in [4.78, 5) is 22.7. The van der Waals surface area contributed by atoms with Gasteiger partial charge in [-0.25, -0.2) is 9.59 Å². The lowest BCUT2D eigenvalue weighted by Crippen LogP contribution is -2.27. The first-order valence-corrected chi connectivity index (χ1v) is 4.99. The largest absolute Gasteiger partial charge is 0.463 e. The molecule has 6 heteroatoms. The second kappa shape index (κ2) is 4.90. The summed E-state index contributed by atoms with van der Waals surface area (Å²) in [6.45, 7) is 5.22. The van der Waals surface area contributed by atoms with E-state index >= 15 is 0 Å². The first-order chi connectivity index (χ1) is 7.83. The second-order valence-corrected chi connectivity index (χ2v) is 4.28. The third kappa shape index (κ3) is 3.82. The third-order valence-electron chi connectivity index (χ3n) is 1.67. The first kappa shape index (κ1) is 13.1. The molecule has 1 aromatic rings. The molecule has 1 N–H and O–H groups in total. The molecule has 17 heavy (non-hydrogen) atoms. The number of carbonyl (C=O) groups is 2. The van der Waals surface area contributed by atoms with Crippen LogP contribution in [0.3, 0.4) is 0 Å². The van der Waals surface area contributed by atoms with E-state index in [1.807, 2.05) is 0 Å². The van der Waals surface area contributed by atoms with Gasteiger partial charge >= 0.3 is 12.1 Å². The highest BCUT2D eigenvalue weighted by Gasteiger charge is 2.21. The molecular weight excluding hydrogens is 226 g/mol. The van der Waals surface area contributed by atoms with Crippen molar-refractivity contribution in [3.63, 3.8) is 0 Å². The lowest BCUT2D eigenvalue weighted by atomic mass is 10.2. The number of furan rings is 1. The van der Waals surface area contributed by atoms with Crippen molar-refractivity contribution in [2.75, 3.05) is 12.4 Å². The molecule has 0 bridgehead atoms.